The summed E-state index contributed by atoms with van der Waals surface area (Å²) in [6, 6.07) is 2.04. The number of hydrogen-bond acceptors (Lipinski definition) is 7. The number of halogens is 1. The van der Waals surface area contributed by atoms with Gasteiger partial charge in [-0.25, -0.2) is 27.3 Å². The lowest BCUT2D eigenvalue weighted by Gasteiger charge is -2.33. The van der Waals surface area contributed by atoms with E-state index >= 15 is 0 Å². The van der Waals surface area contributed by atoms with Crippen LogP contribution in [0.2, 0.25) is 0 Å². The van der Waals surface area contributed by atoms with Crippen LogP contribution >= 0.6 is 0 Å². The molecule has 4 aliphatic rings. The number of nitrogens with zero attached hydrogens (tertiary/aromatic N) is 2. The highest BCUT2D eigenvalue weighted by atomic mass is 32.2. The van der Waals surface area contributed by atoms with Gasteiger partial charge in [0, 0.05) is 23.7 Å². The van der Waals surface area contributed by atoms with Crippen LogP contribution in [-0.2, 0) is 19.5 Å². The summed E-state index contributed by atoms with van der Waals surface area (Å²) in [4.78, 5) is 18.9. The third-order valence-corrected chi connectivity index (χ3v) is 7.28. The third-order valence-electron chi connectivity index (χ3n) is 6.55. The number of amides is 1. The molecule has 2 fully saturated rings. The van der Waals surface area contributed by atoms with Gasteiger partial charge in [-0.15, -0.1) is 0 Å². The zero-order valence-electron chi connectivity index (χ0n) is 18.4. The minimum absolute atomic E-state index is 0.0184. The molecule has 4 bridgehead atoms. The van der Waals surface area contributed by atoms with Crippen molar-refractivity contribution in [3.05, 3.63) is 23.6 Å². The number of fused-ring (bicyclic) bond motifs is 7. The molecule has 0 spiro atoms. The van der Waals surface area contributed by atoms with Crippen molar-refractivity contribution in [2.24, 2.45) is 0 Å². The number of pyridine rings is 1. The lowest BCUT2D eigenvalue weighted by Crippen LogP contribution is -2.50. The van der Waals surface area contributed by atoms with Gasteiger partial charge in [0.25, 0.3) is 0 Å². The first kappa shape index (κ1) is 23.2. The smallest absolute Gasteiger partial charge is 0.410 e. The molecule has 178 valence electrons. The van der Waals surface area contributed by atoms with E-state index in [0.717, 1.165) is 37.6 Å². The van der Waals surface area contributed by atoms with Crippen LogP contribution in [0.15, 0.2) is 12.1 Å². The summed E-state index contributed by atoms with van der Waals surface area (Å²) in [5.41, 5.74) is 0.852. The quantitative estimate of drug-likeness (QED) is 0.682. The molecule has 1 saturated heterocycles. The lowest BCUT2D eigenvalue weighted by atomic mass is 9.85. The summed E-state index contributed by atoms with van der Waals surface area (Å²) in [6.45, 7) is 2.33. The maximum Gasteiger partial charge on any atom is 0.410 e. The summed E-state index contributed by atoms with van der Waals surface area (Å²) >= 11 is 0. The van der Waals surface area contributed by atoms with Crippen LogP contribution in [0, 0.1) is 5.82 Å². The van der Waals surface area contributed by atoms with Crippen LogP contribution < -0.4 is 10.0 Å². The summed E-state index contributed by atoms with van der Waals surface area (Å²) in [5, 5.41) is 2.93. The minimum Gasteiger partial charge on any atom is -0.448 e. The lowest BCUT2D eigenvalue weighted by molar-refractivity contribution is -0.0103. The zero-order chi connectivity index (χ0) is 22.9. The van der Waals surface area contributed by atoms with Crippen molar-refractivity contribution >= 4 is 21.9 Å². The number of hydrogen-bond donors (Lipinski definition) is 2. The average Bonchev–Trinajstić information content (AvgIpc) is 3.03. The maximum atomic E-state index is 14.2. The highest BCUT2D eigenvalue weighted by Gasteiger charge is 2.44. The Morgan fingerprint density at radius 2 is 2.00 bits per heavy atom. The van der Waals surface area contributed by atoms with Crippen LogP contribution in [-0.4, -0.2) is 74.6 Å². The van der Waals surface area contributed by atoms with E-state index in [4.69, 9.17) is 9.47 Å². The summed E-state index contributed by atoms with van der Waals surface area (Å²) in [7, 11) is -3.45. The summed E-state index contributed by atoms with van der Waals surface area (Å²) < 4.78 is 52.2. The standard InChI is InChI=1S/C21H31FN4O5S/c1-13-11-18(25-32(2,28)29)19-12-31-15-5-3-14(4-6-15)17-8-7-16(22)20(24-17)23-9-10-30-21(27)26(13)19/h7-8,13-15,18-19,25H,3-6,9-12H2,1-2H3,(H,23,24)/t13-,14?,15?,18+,19?/m1/s1. The van der Waals surface area contributed by atoms with Gasteiger partial charge in [0.05, 0.1) is 31.6 Å². The van der Waals surface area contributed by atoms with Crippen molar-refractivity contribution in [1.82, 2.24) is 14.6 Å². The normalized spacial score (nSPS) is 31.7. The van der Waals surface area contributed by atoms with Gasteiger partial charge in [0.1, 0.15) is 6.61 Å². The van der Waals surface area contributed by atoms with Crippen molar-refractivity contribution in [3.8, 4) is 0 Å². The second-order valence-corrected chi connectivity index (χ2v) is 10.8. The van der Waals surface area contributed by atoms with E-state index in [1.54, 1.807) is 11.0 Å². The SMILES string of the molecule is C[C@@H]1C[C@H](NS(C)(=O)=O)C2COC3CCC(CC3)c3ccc(F)c(n3)NCCOC(=O)N21. The molecule has 32 heavy (non-hydrogen) atoms. The fraction of sp³-hybridized carbons (Fsp3) is 0.714. The molecular weight excluding hydrogens is 439 g/mol. The van der Waals surface area contributed by atoms with E-state index in [1.807, 2.05) is 6.92 Å². The topological polar surface area (TPSA) is 110 Å². The third kappa shape index (κ3) is 5.32. The molecular formula is C21H31FN4O5S. The van der Waals surface area contributed by atoms with Gasteiger partial charge < -0.3 is 14.8 Å². The summed E-state index contributed by atoms with van der Waals surface area (Å²) in [6.07, 6.45) is 4.47. The highest BCUT2D eigenvalue weighted by Crippen LogP contribution is 2.35. The number of nitrogens with one attached hydrogen (secondary N) is 2. The van der Waals surface area contributed by atoms with Gasteiger partial charge in [-0.05, 0) is 51.2 Å². The predicted molar refractivity (Wildman–Crippen MR) is 116 cm³/mol. The maximum absolute atomic E-state index is 14.2. The van der Waals surface area contributed by atoms with Gasteiger partial charge >= 0.3 is 6.09 Å². The first-order valence-electron chi connectivity index (χ1n) is 11.2. The fourth-order valence-corrected chi connectivity index (χ4v) is 5.83. The Morgan fingerprint density at radius 3 is 2.72 bits per heavy atom. The summed E-state index contributed by atoms with van der Waals surface area (Å²) in [5.74, 6) is -0.0423. The zero-order valence-corrected chi connectivity index (χ0v) is 19.2. The molecule has 2 N–H and O–H groups in total. The molecule has 1 aliphatic carbocycles. The van der Waals surface area contributed by atoms with Crippen molar-refractivity contribution < 1.29 is 27.1 Å². The number of aromatic nitrogens is 1. The van der Waals surface area contributed by atoms with E-state index in [2.05, 4.69) is 15.0 Å². The first-order valence-corrected chi connectivity index (χ1v) is 13.0. The molecule has 4 heterocycles. The Morgan fingerprint density at radius 1 is 1.25 bits per heavy atom. The van der Waals surface area contributed by atoms with E-state index < -0.39 is 34.0 Å². The minimum atomic E-state index is -3.45. The van der Waals surface area contributed by atoms with Gasteiger partial charge in [-0.2, -0.15) is 0 Å². The molecule has 1 saturated carbocycles. The molecule has 9 nitrogen and oxygen atoms in total. The molecule has 0 radical (unpaired) electrons. The molecule has 3 aliphatic heterocycles. The monoisotopic (exact) mass is 470 g/mol. The Bertz CT molecular complexity index is 938. The number of ether oxygens (including phenoxy) is 2. The van der Waals surface area contributed by atoms with Crippen molar-refractivity contribution in [2.45, 2.75) is 69.2 Å². The second-order valence-electron chi connectivity index (χ2n) is 8.97. The second kappa shape index (κ2) is 9.48. The van der Waals surface area contributed by atoms with E-state index in [0.29, 0.717) is 6.42 Å². The molecule has 1 amide bonds. The fourth-order valence-electron chi connectivity index (χ4n) is 5.02. The molecule has 1 aromatic rings. The number of sulfonamides is 1. The van der Waals surface area contributed by atoms with E-state index in [9.17, 15) is 17.6 Å². The molecule has 1 unspecified atom stereocenters. The van der Waals surface area contributed by atoms with Gasteiger partial charge in [-0.3, -0.25) is 4.90 Å². The number of anilines is 1. The first-order chi connectivity index (χ1) is 15.2. The van der Waals surface area contributed by atoms with Crippen LogP contribution in [0.4, 0.5) is 15.0 Å². The van der Waals surface area contributed by atoms with Crippen LogP contribution in [0.5, 0.6) is 0 Å². The van der Waals surface area contributed by atoms with Crippen LogP contribution in [0.3, 0.4) is 0 Å². The van der Waals surface area contributed by atoms with Crippen molar-refractivity contribution in [3.63, 3.8) is 0 Å². The molecule has 11 heteroatoms. The number of rotatable bonds is 2. The number of carbonyl (C=O) groups excluding carboxylic acids is 1. The highest BCUT2D eigenvalue weighted by molar-refractivity contribution is 7.88. The van der Waals surface area contributed by atoms with Crippen LogP contribution in [0.1, 0.15) is 50.6 Å². The average molecular weight is 471 g/mol. The Balaban J connectivity index is 1.55. The van der Waals surface area contributed by atoms with Gasteiger partial charge in [0.2, 0.25) is 10.0 Å². The molecule has 5 rings (SSSR count). The Hall–Kier alpha value is -1.98. The largest absolute Gasteiger partial charge is 0.448 e. The van der Waals surface area contributed by atoms with Crippen LogP contribution in [0.25, 0.3) is 0 Å². The van der Waals surface area contributed by atoms with E-state index in [-0.39, 0.29) is 43.6 Å². The molecule has 1 aromatic heterocycles. The number of carbonyl (C=O) groups is 1. The Kier molecular flexibility index (Phi) is 6.87. The van der Waals surface area contributed by atoms with Gasteiger partial charge in [0.15, 0.2) is 11.6 Å². The van der Waals surface area contributed by atoms with Gasteiger partial charge in [-0.1, -0.05) is 0 Å². The van der Waals surface area contributed by atoms with Crippen molar-refractivity contribution in [2.75, 3.05) is 31.3 Å². The predicted octanol–water partition coefficient (Wildman–Crippen LogP) is 2.21. The molecule has 3 atom stereocenters. The molecule has 0 aromatic carbocycles. The van der Waals surface area contributed by atoms with Crippen molar-refractivity contribution in [1.29, 1.82) is 0 Å². The Labute approximate surface area is 188 Å². The van der Waals surface area contributed by atoms with E-state index in [1.165, 1.54) is 6.07 Å².